The number of halogens is 2. The van der Waals surface area contributed by atoms with E-state index in [0.29, 0.717) is 5.02 Å². The van der Waals surface area contributed by atoms with E-state index in [1.54, 1.807) is 23.5 Å². The minimum absolute atomic E-state index is 0.251. The monoisotopic (exact) mass is 365 g/mol. The van der Waals surface area contributed by atoms with Crippen molar-refractivity contribution in [3.05, 3.63) is 57.3 Å². The van der Waals surface area contributed by atoms with Gasteiger partial charge in [0.2, 0.25) is 0 Å². The summed E-state index contributed by atoms with van der Waals surface area (Å²) in [6.45, 7) is 0. The number of benzene rings is 2. The van der Waals surface area contributed by atoms with Crippen LogP contribution >= 0.6 is 38.9 Å². The van der Waals surface area contributed by atoms with Gasteiger partial charge in [0.15, 0.2) is 0 Å². The van der Waals surface area contributed by atoms with Crippen molar-refractivity contribution in [3.63, 3.8) is 0 Å². The molecule has 0 radical (unpaired) electrons. The lowest BCUT2D eigenvalue weighted by atomic mass is 10.2. The zero-order valence-electron chi connectivity index (χ0n) is 10.2. The van der Waals surface area contributed by atoms with Crippen molar-refractivity contribution in [2.75, 3.05) is 0 Å². The van der Waals surface area contributed by atoms with Crippen molar-refractivity contribution in [2.45, 2.75) is 0 Å². The quantitative estimate of drug-likeness (QED) is 0.640. The molecule has 0 amide bonds. The first-order valence-corrected chi connectivity index (χ1v) is 7.89. The van der Waals surface area contributed by atoms with E-state index in [4.69, 9.17) is 11.6 Å². The predicted molar refractivity (Wildman–Crippen MR) is 87.4 cm³/mol. The van der Waals surface area contributed by atoms with E-state index in [0.717, 1.165) is 26.3 Å². The van der Waals surface area contributed by atoms with Crippen LogP contribution in [0.15, 0.2) is 52.3 Å². The second-order valence-corrected chi connectivity index (χ2v) is 6.39. The standard InChI is InChI=1S/C15H9BrClNOS/c16-10-3-6-12(13(17)7-10)14-8-20-15(18-14)9-1-4-11(19)5-2-9/h1-8,19H. The Morgan fingerprint density at radius 3 is 2.55 bits per heavy atom. The van der Waals surface area contributed by atoms with Gasteiger partial charge in [-0.2, -0.15) is 0 Å². The molecule has 20 heavy (non-hydrogen) atoms. The van der Waals surface area contributed by atoms with Gasteiger partial charge < -0.3 is 5.11 Å². The average Bonchev–Trinajstić information content (AvgIpc) is 2.89. The van der Waals surface area contributed by atoms with Gasteiger partial charge in [0.25, 0.3) is 0 Å². The van der Waals surface area contributed by atoms with E-state index in [2.05, 4.69) is 20.9 Å². The first kappa shape index (κ1) is 13.6. The maximum Gasteiger partial charge on any atom is 0.124 e. The second-order valence-electron chi connectivity index (χ2n) is 4.21. The molecule has 100 valence electrons. The third kappa shape index (κ3) is 2.73. The summed E-state index contributed by atoms with van der Waals surface area (Å²) in [6.07, 6.45) is 0. The summed E-state index contributed by atoms with van der Waals surface area (Å²) in [4.78, 5) is 4.61. The number of aromatic nitrogens is 1. The average molecular weight is 367 g/mol. The summed E-state index contributed by atoms with van der Waals surface area (Å²) in [6, 6.07) is 12.8. The molecular formula is C15H9BrClNOS. The zero-order valence-corrected chi connectivity index (χ0v) is 13.3. The molecule has 3 aromatic rings. The van der Waals surface area contributed by atoms with Gasteiger partial charge >= 0.3 is 0 Å². The van der Waals surface area contributed by atoms with Gasteiger partial charge in [-0.1, -0.05) is 33.6 Å². The van der Waals surface area contributed by atoms with Crippen molar-refractivity contribution < 1.29 is 5.11 Å². The number of nitrogens with zero attached hydrogens (tertiary/aromatic N) is 1. The SMILES string of the molecule is Oc1ccc(-c2nc(-c3ccc(Br)cc3Cl)cs2)cc1. The molecule has 1 heterocycles. The molecule has 0 unspecified atom stereocenters. The summed E-state index contributed by atoms with van der Waals surface area (Å²) in [5.74, 6) is 0.251. The van der Waals surface area contributed by atoms with Gasteiger partial charge in [-0.25, -0.2) is 4.98 Å². The van der Waals surface area contributed by atoms with Crippen LogP contribution in [0.4, 0.5) is 0 Å². The fraction of sp³-hybridized carbons (Fsp3) is 0. The summed E-state index contributed by atoms with van der Waals surface area (Å²) in [5.41, 5.74) is 2.75. The molecule has 1 N–H and O–H groups in total. The highest BCUT2D eigenvalue weighted by molar-refractivity contribution is 9.10. The Hall–Kier alpha value is -1.36. The van der Waals surface area contributed by atoms with Crippen molar-refractivity contribution in [3.8, 4) is 27.6 Å². The van der Waals surface area contributed by atoms with Crippen LogP contribution in [0.2, 0.25) is 5.02 Å². The van der Waals surface area contributed by atoms with Gasteiger partial charge in [-0.15, -0.1) is 11.3 Å². The minimum atomic E-state index is 0.251. The molecule has 0 aliphatic heterocycles. The number of phenolic OH excluding ortho intramolecular Hbond substituents is 1. The van der Waals surface area contributed by atoms with Crippen LogP contribution in [-0.2, 0) is 0 Å². The smallest absolute Gasteiger partial charge is 0.124 e. The Morgan fingerprint density at radius 1 is 1.10 bits per heavy atom. The maximum absolute atomic E-state index is 9.31. The molecule has 0 atom stereocenters. The molecule has 2 nitrogen and oxygen atoms in total. The molecule has 0 saturated heterocycles. The number of hydrogen-bond donors (Lipinski definition) is 1. The molecule has 0 aliphatic rings. The number of rotatable bonds is 2. The molecule has 0 fully saturated rings. The molecule has 1 aromatic heterocycles. The number of thiazole rings is 1. The lowest BCUT2D eigenvalue weighted by Crippen LogP contribution is -1.81. The fourth-order valence-corrected chi connectivity index (χ4v) is 3.43. The van der Waals surface area contributed by atoms with Crippen LogP contribution in [-0.4, -0.2) is 10.1 Å². The molecule has 0 bridgehead atoms. The first-order valence-electron chi connectivity index (χ1n) is 5.84. The molecule has 2 aromatic carbocycles. The van der Waals surface area contributed by atoms with Crippen LogP contribution in [0, 0.1) is 0 Å². The largest absolute Gasteiger partial charge is 0.508 e. The highest BCUT2D eigenvalue weighted by Crippen LogP contribution is 2.34. The Labute approximate surface area is 133 Å². The van der Waals surface area contributed by atoms with E-state index in [1.165, 1.54) is 0 Å². The van der Waals surface area contributed by atoms with Crippen molar-refractivity contribution in [1.82, 2.24) is 4.98 Å². The van der Waals surface area contributed by atoms with E-state index in [9.17, 15) is 5.11 Å². The molecule has 3 rings (SSSR count). The van der Waals surface area contributed by atoms with Gasteiger partial charge in [0.05, 0.1) is 10.7 Å². The van der Waals surface area contributed by atoms with Gasteiger partial charge in [-0.05, 0) is 36.4 Å². The minimum Gasteiger partial charge on any atom is -0.508 e. The van der Waals surface area contributed by atoms with Crippen LogP contribution in [0.3, 0.4) is 0 Å². The van der Waals surface area contributed by atoms with E-state index >= 15 is 0 Å². The molecule has 0 aliphatic carbocycles. The maximum atomic E-state index is 9.31. The molecule has 0 saturated carbocycles. The fourth-order valence-electron chi connectivity index (χ4n) is 1.83. The lowest BCUT2D eigenvalue weighted by Gasteiger charge is -2.01. The molecular weight excluding hydrogens is 358 g/mol. The predicted octanol–water partition coefficient (Wildman–Crippen LogP) is 5.60. The third-order valence-electron chi connectivity index (χ3n) is 2.83. The van der Waals surface area contributed by atoms with Crippen molar-refractivity contribution in [2.24, 2.45) is 0 Å². The van der Waals surface area contributed by atoms with Crippen LogP contribution < -0.4 is 0 Å². The summed E-state index contributed by atoms with van der Waals surface area (Å²) in [5, 5.41) is 12.9. The zero-order chi connectivity index (χ0) is 14.1. The van der Waals surface area contributed by atoms with Crippen LogP contribution in [0.25, 0.3) is 21.8 Å². The Kier molecular flexibility index (Phi) is 3.78. The second kappa shape index (κ2) is 5.56. The summed E-state index contributed by atoms with van der Waals surface area (Å²) < 4.78 is 0.945. The Morgan fingerprint density at radius 2 is 1.85 bits per heavy atom. The highest BCUT2D eigenvalue weighted by atomic mass is 79.9. The first-order chi connectivity index (χ1) is 9.63. The molecule has 5 heteroatoms. The lowest BCUT2D eigenvalue weighted by molar-refractivity contribution is 0.475. The topological polar surface area (TPSA) is 33.1 Å². The summed E-state index contributed by atoms with van der Waals surface area (Å²) >= 11 is 11.2. The van der Waals surface area contributed by atoms with E-state index in [1.807, 2.05) is 35.7 Å². The van der Waals surface area contributed by atoms with Gasteiger partial charge in [0.1, 0.15) is 10.8 Å². The highest BCUT2D eigenvalue weighted by Gasteiger charge is 2.10. The van der Waals surface area contributed by atoms with E-state index < -0.39 is 0 Å². The number of aromatic hydroxyl groups is 1. The normalized spacial score (nSPS) is 10.7. The number of phenols is 1. The Bertz CT molecular complexity index is 755. The van der Waals surface area contributed by atoms with Crippen LogP contribution in [0.5, 0.6) is 5.75 Å². The number of hydrogen-bond acceptors (Lipinski definition) is 3. The Balaban J connectivity index is 1.99. The van der Waals surface area contributed by atoms with Crippen molar-refractivity contribution >= 4 is 38.9 Å². The van der Waals surface area contributed by atoms with Crippen LogP contribution in [0.1, 0.15) is 0 Å². The van der Waals surface area contributed by atoms with Gasteiger partial charge in [-0.3, -0.25) is 0 Å². The van der Waals surface area contributed by atoms with Crippen molar-refractivity contribution in [1.29, 1.82) is 0 Å². The van der Waals surface area contributed by atoms with Gasteiger partial charge in [0, 0.05) is 21.0 Å². The summed E-state index contributed by atoms with van der Waals surface area (Å²) in [7, 11) is 0. The third-order valence-corrected chi connectivity index (χ3v) is 4.52. The molecule has 0 spiro atoms. The van der Waals surface area contributed by atoms with E-state index in [-0.39, 0.29) is 5.75 Å².